The lowest BCUT2D eigenvalue weighted by atomic mass is 10.2. The van der Waals surface area contributed by atoms with E-state index in [0.717, 1.165) is 18.1 Å². The van der Waals surface area contributed by atoms with Gasteiger partial charge in [0.1, 0.15) is 11.5 Å². The van der Waals surface area contributed by atoms with Crippen molar-refractivity contribution in [3.05, 3.63) is 29.6 Å². The second-order valence-electron chi connectivity index (χ2n) is 4.22. The van der Waals surface area contributed by atoms with E-state index in [9.17, 15) is 18.0 Å². The maximum atomic E-state index is 13.3. The summed E-state index contributed by atoms with van der Waals surface area (Å²) >= 11 is 1.72. The standard InChI is InChI=1S/C12H13F3N2OS/c13-7-3-9(14)12(10(15)4-7)17-11(18)5-8-6-19-2-1-16-8/h3-4,8,16H,1-2,5-6H2,(H,17,18). The molecule has 0 radical (unpaired) electrons. The Morgan fingerprint density at radius 3 is 2.63 bits per heavy atom. The van der Waals surface area contributed by atoms with Crippen LogP contribution in [0.25, 0.3) is 0 Å². The van der Waals surface area contributed by atoms with E-state index in [0.29, 0.717) is 12.1 Å². The first-order valence-electron chi connectivity index (χ1n) is 5.82. The molecule has 1 amide bonds. The summed E-state index contributed by atoms with van der Waals surface area (Å²) in [4.78, 5) is 11.7. The monoisotopic (exact) mass is 290 g/mol. The van der Waals surface area contributed by atoms with Crippen LogP contribution in [0.3, 0.4) is 0 Å². The summed E-state index contributed by atoms with van der Waals surface area (Å²) in [6, 6.07) is 1.06. The van der Waals surface area contributed by atoms with Gasteiger partial charge in [0, 0.05) is 42.6 Å². The number of benzene rings is 1. The first-order chi connectivity index (χ1) is 9.06. The van der Waals surface area contributed by atoms with Crippen LogP contribution < -0.4 is 10.6 Å². The predicted molar refractivity (Wildman–Crippen MR) is 68.7 cm³/mol. The topological polar surface area (TPSA) is 41.1 Å². The van der Waals surface area contributed by atoms with E-state index in [-0.39, 0.29) is 12.5 Å². The van der Waals surface area contributed by atoms with Crippen LogP contribution in [0, 0.1) is 17.5 Å². The van der Waals surface area contributed by atoms with E-state index in [2.05, 4.69) is 10.6 Å². The van der Waals surface area contributed by atoms with Gasteiger partial charge >= 0.3 is 0 Å². The summed E-state index contributed by atoms with van der Waals surface area (Å²) < 4.78 is 39.4. The van der Waals surface area contributed by atoms with Gasteiger partial charge in [0.05, 0.1) is 0 Å². The Bertz CT molecular complexity index is 455. The van der Waals surface area contributed by atoms with E-state index in [1.165, 1.54) is 0 Å². The van der Waals surface area contributed by atoms with Gasteiger partial charge < -0.3 is 10.6 Å². The van der Waals surface area contributed by atoms with Crippen molar-refractivity contribution in [2.24, 2.45) is 0 Å². The lowest BCUT2D eigenvalue weighted by molar-refractivity contribution is -0.116. The minimum atomic E-state index is -1.11. The number of anilines is 1. The molecule has 1 atom stereocenters. The molecule has 7 heteroatoms. The van der Waals surface area contributed by atoms with Crippen LogP contribution in [0.2, 0.25) is 0 Å². The number of hydrogen-bond donors (Lipinski definition) is 2. The van der Waals surface area contributed by atoms with Gasteiger partial charge in [0.15, 0.2) is 11.6 Å². The number of amides is 1. The molecule has 0 aromatic heterocycles. The summed E-state index contributed by atoms with van der Waals surface area (Å²) in [7, 11) is 0. The Morgan fingerprint density at radius 1 is 1.37 bits per heavy atom. The third-order valence-corrected chi connectivity index (χ3v) is 3.83. The van der Waals surface area contributed by atoms with Gasteiger partial charge in [0.2, 0.25) is 5.91 Å². The van der Waals surface area contributed by atoms with Crippen LogP contribution in [0.5, 0.6) is 0 Å². The number of hydrogen-bond acceptors (Lipinski definition) is 3. The van der Waals surface area contributed by atoms with Crippen molar-refractivity contribution in [1.82, 2.24) is 5.32 Å². The third kappa shape index (κ3) is 3.87. The van der Waals surface area contributed by atoms with Crippen molar-refractivity contribution in [3.63, 3.8) is 0 Å². The lowest BCUT2D eigenvalue weighted by Gasteiger charge is -2.22. The summed E-state index contributed by atoms with van der Waals surface area (Å²) in [5, 5.41) is 5.29. The van der Waals surface area contributed by atoms with Crippen molar-refractivity contribution in [2.45, 2.75) is 12.5 Å². The Balaban J connectivity index is 1.98. The Labute approximate surface area is 112 Å². The largest absolute Gasteiger partial charge is 0.321 e. The van der Waals surface area contributed by atoms with Gasteiger partial charge in [-0.3, -0.25) is 4.79 Å². The molecule has 0 aliphatic carbocycles. The quantitative estimate of drug-likeness (QED) is 0.896. The minimum Gasteiger partial charge on any atom is -0.321 e. The highest BCUT2D eigenvalue weighted by Crippen LogP contribution is 2.20. The van der Waals surface area contributed by atoms with Crippen molar-refractivity contribution >= 4 is 23.4 Å². The van der Waals surface area contributed by atoms with E-state index < -0.39 is 29.0 Å². The van der Waals surface area contributed by atoms with Gasteiger partial charge in [-0.25, -0.2) is 13.2 Å². The summed E-state index contributed by atoms with van der Waals surface area (Å²) in [6.45, 7) is 0.807. The zero-order valence-electron chi connectivity index (χ0n) is 10.0. The summed E-state index contributed by atoms with van der Waals surface area (Å²) in [6.07, 6.45) is 0.128. The van der Waals surface area contributed by atoms with Crippen LogP contribution in [0.15, 0.2) is 12.1 Å². The highest BCUT2D eigenvalue weighted by Gasteiger charge is 2.19. The molecule has 1 saturated heterocycles. The number of nitrogens with one attached hydrogen (secondary N) is 2. The van der Waals surface area contributed by atoms with E-state index in [1.807, 2.05) is 0 Å². The molecular formula is C12H13F3N2OS. The van der Waals surface area contributed by atoms with Crippen molar-refractivity contribution in [2.75, 3.05) is 23.4 Å². The second-order valence-corrected chi connectivity index (χ2v) is 5.37. The first kappa shape index (κ1) is 14.2. The Hall–Kier alpha value is -1.21. The molecular weight excluding hydrogens is 277 g/mol. The molecule has 2 N–H and O–H groups in total. The van der Waals surface area contributed by atoms with Gasteiger partial charge in [-0.1, -0.05) is 0 Å². The average molecular weight is 290 g/mol. The van der Waals surface area contributed by atoms with Gasteiger partial charge in [-0.15, -0.1) is 0 Å². The van der Waals surface area contributed by atoms with E-state index in [1.54, 1.807) is 11.8 Å². The lowest BCUT2D eigenvalue weighted by Crippen LogP contribution is -2.40. The highest BCUT2D eigenvalue weighted by atomic mass is 32.2. The van der Waals surface area contributed by atoms with Crippen LogP contribution in [0.1, 0.15) is 6.42 Å². The smallest absolute Gasteiger partial charge is 0.226 e. The molecule has 0 bridgehead atoms. The summed E-state index contributed by atoms with van der Waals surface area (Å²) in [5.74, 6) is -1.97. The zero-order chi connectivity index (χ0) is 13.8. The van der Waals surface area contributed by atoms with Gasteiger partial charge in [-0.2, -0.15) is 11.8 Å². The third-order valence-electron chi connectivity index (χ3n) is 2.70. The molecule has 1 aromatic carbocycles. The van der Waals surface area contributed by atoms with Crippen LogP contribution in [-0.2, 0) is 4.79 Å². The molecule has 0 spiro atoms. The fourth-order valence-corrected chi connectivity index (χ4v) is 2.78. The fourth-order valence-electron chi connectivity index (χ4n) is 1.83. The molecule has 104 valence electrons. The number of thioether (sulfide) groups is 1. The number of rotatable bonds is 3. The van der Waals surface area contributed by atoms with Crippen LogP contribution in [0.4, 0.5) is 18.9 Å². The molecule has 3 nitrogen and oxygen atoms in total. The molecule has 1 aliphatic rings. The average Bonchev–Trinajstić information content (AvgIpc) is 2.35. The minimum absolute atomic E-state index is 0.00896. The molecule has 1 unspecified atom stereocenters. The zero-order valence-corrected chi connectivity index (χ0v) is 10.8. The van der Waals surface area contributed by atoms with Crippen LogP contribution >= 0.6 is 11.8 Å². The highest BCUT2D eigenvalue weighted by molar-refractivity contribution is 7.99. The molecule has 0 saturated carbocycles. The van der Waals surface area contributed by atoms with Crippen molar-refractivity contribution in [3.8, 4) is 0 Å². The number of carbonyl (C=O) groups excluding carboxylic acids is 1. The molecule has 19 heavy (non-hydrogen) atoms. The van der Waals surface area contributed by atoms with Crippen molar-refractivity contribution < 1.29 is 18.0 Å². The maximum Gasteiger partial charge on any atom is 0.226 e. The Kier molecular flexibility index (Phi) is 4.71. The van der Waals surface area contributed by atoms with Gasteiger partial charge in [0.25, 0.3) is 0 Å². The van der Waals surface area contributed by atoms with Gasteiger partial charge in [-0.05, 0) is 0 Å². The normalized spacial score (nSPS) is 19.2. The van der Waals surface area contributed by atoms with Crippen molar-refractivity contribution in [1.29, 1.82) is 0 Å². The number of halogens is 3. The molecule has 2 rings (SSSR count). The maximum absolute atomic E-state index is 13.3. The summed E-state index contributed by atoms with van der Waals surface area (Å²) in [5.41, 5.74) is -0.602. The molecule has 1 aromatic rings. The molecule has 1 aliphatic heterocycles. The Morgan fingerprint density at radius 2 is 2.05 bits per heavy atom. The number of carbonyl (C=O) groups is 1. The van der Waals surface area contributed by atoms with E-state index in [4.69, 9.17) is 0 Å². The SMILES string of the molecule is O=C(CC1CSCCN1)Nc1c(F)cc(F)cc1F. The molecule has 1 heterocycles. The van der Waals surface area contributed by atoms with Crippen LogP contribution in [-0.4, -0.2) is 30.0 Å². The predicted octanol–water partition coefficient (Wildman–Crippen LogP) is 2.14. The molecule has 1 fully saturated rings. The fraction of sp³-hybridized carbons (Fsp3) is 0.417. The van der Waals surface area contributed by atoms with E-state index >= 15 is 0 Å². The first-order valence-corrected chi connectivity index (χ1v) is 6.97. The second kappa shape index (κ2) is 6.29.